The van der Waals surface area contributed by atoms with Gasteiger partial charge in [-0.3, -0.25) is 0 Å². The van der Waals surface area contributed by atoms with Gasteiger partial charge in [-0.05, 0) is 50.0 Å². The first-order valence-corrected chi connectivity index (χ1v) is 6.30. The average Bonchev–Trinajstić information content (AvgIpc) is 2.13. The lowest BCUT2D eigenvalue weighted by Crippen LogP contribution is -2.50. The summed E-state index contributed by atoms with van der Waals surface area (Å²) < 4.78 is 0. The number of hydrogen-bond donors (Lipinski definition) is 1. The molecule has 1 aliphatic heterocycles. The smallest absolute Gasteiger partial charge is 0.115 e. The number of nitrogens with zero attached hydrogens (tertiary/aromatic N) is 1. The standard InChI is InChI=1S/C14H19NO/c16-13-5-1-4-12(10-13)14(6-2-7-14)11-15-8-3-9-15/h1,4-5,10,16H,2-3,6-9,11H2. The molecular formula is C14H19NO. The third-order valence-corrected chi connectivity index (χ3v) is 4.24. The van der Waals surface area contributed by atoms with Crippen LogP contribution >= 0.6 is 0 Å². The van der Waals surface area contributed by atoms with Crippen LogP contribution in [-0.2, 0) is 5.41 Å². The number of phenolic OH excluding ortho intramolecular Hbond substituents is 1. The molecule has 0 spiro atoms. The highest BCUT2D eigenvalue weighted by Crippen LogP contribution is 2.45. The SMILES string of the molecule is Oc1cccc(C2(CN3CCC3)CCC2)c1. The molecule has 2 aliphatic rings. The van der Waals surface area contributed by atoms with Gasteiger partial charge in [0, 0.05) is 12.0 Å². The van der Waals surface area contributed by atoms with Gasteiger partial charge >= 0.3 is 0 Å². The summed E-state index contributed by atoms with van der Waals surface area (Å²) in [5.41, 5.74) is 1.68. The van der Waals surface area contributed by atoms with Gasteiger partial charge in [-0.2, -0.15) is 0 Å². The summed E-state index contributed by atoms with van der Waals surface area (Å²) in [5, 5.41) is 9.59. The van der Waals surface area contributed by atoms with Crippen molar-refractivity contribution in [1.82, 2.24) is 4.90 Å². The minimum atomic E-state index is 0.346. The predicted octanol–water partition coefficient (Wildman–Crippen LogP) is 2.52. The summed E-state index contributed by atoms with van der Waals surface area (Å²) in [4.78, 5) is 2.54. The van der Waals surface area contributed by atoms with Crippen molar-refractivity contribution < 1.29 is 5.11 Å². The van der Waals surface area contributed by atoms with Crippen molar-refractivity contribution in [2.24, 2.45) is 0 Å². The lowest BCUT2D eigenvalue weighted by atomic mass is 9.64. The fourth-order valence-electron chi connectivity index (χ4n) is 2.95. The lowest BCUT2D eigenvalue weighted by molar-refractivity contribution is 0.0935. The first-order chi connectivity index (χ1) is 7.78. The molecule has 3 rings (SSSR count). The van der Waals surface area contributed by atoms with Crippen molar-refractivity contribution in [2.75, 3.05) is 19.6 Å². The molecule has 0 aromatic heterocycles. The largest absolute Gasteiger partial charge is 0.508 e. The maximum atomic E-state index is 9.59. The summed E-state index contributed by atoms with van der Waals surface area (Å²) in [6.07, 6.45) is 5.26. The monoisotopic (exact) mass is 217 g/mol. The van der Waals surface area contributed by atoms with E-state index in [0.29, 0.717) is 11.2 Å². The number of benzene rings is 1. The molecule has 1 aromatic rings. The van der Waals surface area contributed by atoms with Gasteiger partial charge in [0.15, 0.2) is 0 Å². The van der Waals surface area contributed by atoms with Crippen LogP contribution < -0.4 is 0 Å². The molecule has 0 atom stereocenters. The number of phenols is 1. The van der Waals surface area contributed by atoms with Gasteiger partial charge in [0.1, 0.15) is 5.75 Å². The highest BCUT2D eigenvalue weighted by molar-refractivity contribution is 5.35. The van der Waals surface area contributed by atoms with Gasteiger partial charge in [-0.25, -0.2) is 0 Å². The van der Waals surface area contributed by atoms with E-state index in [1.54, 1.807) is 6.07 Å². The summed E-state index contributed by atoms with van der Waals surface area (Å²) in [7, 11) is 0. The Kier molecular flexibility index (Phi) is 2.40. The summed E-state index contributed by atoms with van der Waals surface area (Å²) >= 11 is 0. The first kappa shape index (κ1) is 10.2. The van der Waals surface area contributed by atoms with Gasteiger partial charge in [0.05, 0.1) is 0 Å². The second-order valence-corrected chi connectivity index (χ2v) is 5.31. The van der Waals surface area contributed by atoms with Gasteiger partial charge < -0.3 is 10.0 Å². The first-order valence-electron chi connectivity index (χ1n) is 6.30. The molecule has 1 aromatic carbocycles. The zero-order chi connectivity index (χ0) is 11.0. The van der Waals surface area contributed by atoms with Gasteiger partial charge in [-0.1, -0.05) is 18.6 Å². The number of aromatic hydroxyl groups is 1. The van der Waals surface area contributed by atoms with Crippen LogP contribution in [0.5, 0.6) is 5.75 Å². The Balaban J connectivity index is 1.83. The lowest BCUT2D eigenvalue weighted by Gasteiger charge is -2.48. The van der Waals surface area contributed by atoms with E-state index in [1.165, 1.54) is 50.9 Å². The number of rotatable bonds is 3. The summed E-state index contributed by atoms with van der Waals surface area (Å²) in [6.45, 7) is 3.72. The zero-order valence-electron chi connectivity index (χ0n) is 9.65. The highest BCUT2D eigenvalue weighted by Gasteiger charge is 2.40. The normalized spacial score (nSPS) is 23.5. The van der Waals surface area contributed by atoms with E-state index in [9.17, 15) is 5.11 Å². The van der Waals surface area contributed by atoms with Gasteiger partial charge in [0.25, 0.3) is 0 Å². The number of hydrogen-bond acceptors (Lipinski definition) is 2. The Labute approximate surface area is 96.9 Å². The van der Waals surface area contributed by atoms with Gasteiger partial charge in [0.2, 0.25) is 0 Å². The van der Waals surface area contributed by atoms with Crippen molar-refractivity contribution in [3.05, 3.63) is 29.8 Å². The Morgan fingerprint density at radius 3 is 2.50 bits per heavy atom. The van der Waals surface area contributed by atoms with Crippen LogP contribution in [0.25, 0.3) is 0 Å². The fraction of sp³-hybridized carbons (Fsp3) is 0.571. The molecular weight excluding hydrogens is 198 g/mol. The summed E-state index contributed by atoms with van der Waals surface area (Å²) in [6, 6.07) is 7.87. The Morgan fingerprint density at radius 1 is 1.19 bits per heavy atom. The third kappa shape index (κ3) is 1.61. The molecule has 1 N–H and O–H groups in total. The molecule has 1 saturated carbocycles. The zero-order valence-corrected chi connectivity index (χ0v) is 9.65. The van der Waals surface area contributed by atoms with Crippen molar-refractivity contribution in [3.8, 4) is 5.75 Å². The average molecular weight is 217 g/mol. The molecule has 2 heteroatoms. The maximum absolute atomic E-state index is 9.59. The third-order valence-electron chi connectivity index (χ3n) is 4.24. The molecule has 2 nitrogen and oxygen atoms in total. The van der Waals surface area contributed by atoms with Crippen LogP contribution in [0.2, 0.25) is 0 Å². The van der Waals surface area contributed by atoms with E-state index < -0.39 is 0 Å². The second-order valence-electron chi connectivity index (χ2n) is 5.31. The van der Waals surface area contributed by atoms with Crippen molar-refractivity contribution in [2.45, 2.75) is 31.1 Å². The Hall–Kier alpha value is -1.02. The molecule has 1 aliphatic carbocycles. The second kappa shape index (κ2) is 3.77. The maximum Gasteiger partial charge on any atom is 0.115 e. The van der Waals surface area contributed by atoms with Crippen LogP contribution in [0.3, 0.4) is 0 Å². The minimum absolute atomic E-state index is 0.346. The minimum Gasteiger partial charge on any atom is -0.508 e. The van der Waals surface area contributed by atoms with Crippen LogP contribution in [0.15, 0.2) is 24.3 Å². The molecule has 86 valence electrons. The van der Waals surface area contributed by atoms with Crippen molar-refractivity contribution >= 4 is 0 Å². The van der Waals surface area contributed by atoms with Crippen molar-refractivity contribution in [3.63, 3.8) is 0 Å². The molecule has 1 saturated heterocycles. The fourth-order valence-corrected chi connectivity index (χ4v) is 2.95. The number of likely N-dealkylation sites (tertiary alicyclic amines) is 1. The molecule has 0 radical (unpaired) electrons. The molecule has 0 amide bonds. The Bertz CT molecular complexity index is 380. The highest BCUT2D eigenvalue weighted by atomic mass is 16.3. The predicted molar refractivity (Wildman–Crippen MR) is 64.7 cm³/mol. The molecule has 0 bridgehead atoms. The molecule has 2 fully saturated rings. The molecule has 16 heavy (non-hydrogen) atoms. The van der Waals surface area contributed by atoms with Crippen LogP contribution in [0.1, 0.15) is 31.2 Å². The molecule has 0 unspecified atom stereocenters. The van der Waals surface area contributed by atoms with Crippen LogP contribution in [0, 0.1) is 0 Å². The topological polar surface area (TPSA) is 23.5 Å². The van der Waals surface area contributed by atoms with E-state index >= 15 is 0 Å². The Morgan fingerprint density at radius 2 is 2.00 bits per heavy atom. The van der Waals surface area contributed by atoms with E-state index in [0.717, 1.165) is 0 Å². The quantitative estimate of drug-likeness (QED) is 0.841. The van der Waals surface area contributed by atoms with E-state index in [4.69, 9.17) is 0 Å². The summed E-state index contributed by atoms with van der Waals surface area (Å²) in [5.74, 6) is 0.410. The van der Waals surface area contributed by atoms with E-state index in [1.807, 2.05) is 12.1 Å². The van der Waals surface area contributed by atoms with Crippen LogP contribution in [0.4, 0.5) is 0 Å². The van der Waals surface area contributed by atoms with Crippen molar-refractivity contribution in [1.29, 1.82) is 0 Å². The van der Waals surface area contributed by atoms with E-state index in [-0.39, 0.29) is 0 Å². The van der Waals surface area contributed by atoms with Gasteiger partial charge in [-0.15, -0.1) is 0 Å². The van der Waals surface area contributed by atoms with Crippen LogP contribution in [-0.4, -0.2) is 29.6 Å². The van der Waals surface area contributed by atoms with E-state index in [2.05, 4.69) is 11.0 Å². The molecule has 1 heterocycles.